The largest absolute Gasteiger partial charge is 0.396 e. The summed E-state index contributed by atoms with van der Waals surface area (Å²) in [6.07, 6.45) is 6.25. The summed E-state index contributed by atoms with van der Waals surface area (Å²) in [6.45, 7) is 1.21. The lowest BCUT2D eigenvalue weighted by molar-refractivity contribution is -0.117. The Morgan fingerprint density at radius 3 is 2.73 bits per heavy atom. The van der Waals surface area contributed by atoms with E-state index >= 15 is 0 Å². The Hall–Kier alpha value is -4.15. The van der Waals surface area contributed by atoms with Gasteiger partial charge in [-0.05, 0) is 47.5 Å². The number of aliphatic hydroxyl groups is 1. The predicted molar refractivity (Wildman–Crippen MR) is 124 cm³/mol. The minimum Gasteiger partial charge on any atom is -0.396 e. The van der Waals surface area contributed by atoms with Gasteiger partial charge in [-0.2, -0.15) is 5.26 Å². The third-order valence-electron chi connectivity index (χ3n) is 6.55. The van der Waals surface area contributed by atoms with E-state index in [4.69, 9.17) is 5.26 Å². The molecule has 1 N–H and O–H groups in total. The molecule has 2 aliphatic rings. The minimum atomic E-state index is -0.0115. The Morgan fingerprint density at radius 2 is 1.97 bits per heavy atom. The van der Waals surface area contributed by atoms with Crippen molar-refractivity contribution in [2.75, 3.05) is 18.1 Å². The molecule has 0 aliphatic carbocycles. The van der Waals surface area contributed by atoms with Crippen molar-refractivity contribution in [2.24, 2.45) is 5.92 Å². The first-order valence-electron chi connectivity index (χ1n) is 10.9. The van der Waals surface area contributed by atoms with Crippen LogP contribution in [-0.2, 0) is 11.3 Å². The fourth-order valence-electron chi connectivity index (χ4n) is 4.85. The zero-order valence-electron chi connectivity index (χ0n) is 17.8. The van der Waals surface area contributed by atoms with E-state index in [-0.39, 0.29) is 18.4 Å². The van der Waals surface area contributed by atoms with Gasteiger partial charge >= 0.3 is 0 Å². The number of nitrogens with zero attached hydrogens (tertiary/aromatic N) is 5. The molecule has 1 amide bonds. The topological polar surface area (TPSA) is 87.1 Å². The normalized spacial score (nSPS) is 16.7. The molecule has 2 aromatic heterocycles. The maximum Gasteiger partial charge on any atom is 0.227 e. The van der Waals surface area contributed by atoms with Gasteiger partial charge in [0.25, 0.3) is 0 Å². The van der Waals surface area contributed by atoms with Gasteiger partial charge in [0.15, 0.2) is 5.82 Å². The number of hydrogen-bond donors (Lipinski definition) is 1. The van der Waals surface area contributed by atoms with Gasteiger partial charge in [-0.15, -0.1) is 0 Å². The van der Waals surface area contributed by atoms with Crippen LogP contribution in [0.2, 0.25) is 0 Å². The molecular weight excluding hydrogens is 414 g/mol. The van der Waals surface area contributed by atoms with Gasteiger partial charge < -0.3 is 14.6 Å². The Balaban J connectivity index is 1.43. The van der Waals surface area contributed by atoms with Crippen LogP contribution in [-0.4, -0.2) is 38.3 Å². The molecule has 0 spiro atoms. The molecule has 1 saturated heterocycles. The van der Waals surface area contributed by atoms with Gasteiger partial charge in [0.2, 0.25) is 5.91 Å². The van der Waals surface area contributed by atoms with E-state index in [2.05, 4.69) is 38.5 Å². The first-order valence-corrected chi connectivity index (χ1v) is 10.9. The molecule has 2 aliphatic heterocycles. The molecular formula is C26H21N5O2. The number of rotatable bonds is 3. The summed E-state index contributed by atoms with van der Waals surface area (Å²) in [5.74, 6) is 0.900. The Morgan fingerprint density at radius 1 is 1.12 bits per heavy atom. The highest BCUT2D eigenvalue weighted by Gasteiger charge is 2.31. The number of imidazole rings is 1. The lowest BCUT2D eigenvalue weighted by Gasteiger charge is -2.19. The lowest BCUT2D eigenvalue weighted by Crippen LogP contribution is -2.25. The monoisotopic (exact) mass is 435 g/mol. The first kappa shape index (κ1) is 19.5. The summed E-state index contributed by atoms with van der Waals surface area (Å²) in [4.78, 5) is 18.9. The third kappa shape index (κ3) is 3.15. The van der Waals surface area contributed by atoms with Crippen molar-refractivity contribution < 1.29 is 9.90 Å². The van der Waals surface area contributed by atoms with E-state index in [0.29, 0.717) is 25.1 Å². The minimum absolute atomic E-state index is 0.0115. The number of carbonyl (C=O) groups excluding carboxylic acids is 1. The fraction of sp³-hybridized carbons (Fsp3) is 0.192. The summed E-state index contributed by atoms with van der Waals surface area (Å²) in [5, 5.41) is 18.6. The molecule has 6 rings (SSSR count). The van der Waals surface area contributed by atoms with Gasteiger partial charge in [-0.25, -0.2) is 4.98 Å². The van der Waals surface area contributed by atoms with Crippen molar-refractivity contribution in [3.8, 4) is 34.4 Å². The summed E-state index contributed by atoms with van der Waals surface area (Å²) >= 11 is 0. The van der Waals surface area contributed by atoms with Crippen molar-refractivity contribution in [2.45, 2.75) is 13.0 Å². The quantitative estimate of drug-likeness (QED) is 0.469. The van der Waals surface area contributed by atoms with Crippen LogP contribution in [0.15, 0.2) is 67.1 Å². The molecule has 1 fully saturated rings. The maximum atomic E-state index is 12.5. The van der Waals surface area contributed by atoms with Crippen LogP contribution in [0, 0.1) is 17.2 Å². The molecule has 162 valence electrons. The van der Waals surface area contributed by atoms with Crippen molar-refractivity contribution in [3.05, 3.63) is 78.2 Å². The molecule has 0 saturated carbocycles. The first-order chi connectivity index (χ1) is 16.1. The third-order valence-corrected chi connectivity index (χ3v) is 6.55. The van der Waals surface area contributed by atoms with Crippen LogP contribution in [0.3, 0.4) is 0 Å². The van der Waals surface area contributed by atoms with Crippen molar-refractivity contribution in [3.63, 3.8) is 0 Å². The number of benzene rings is 2. The summed E-state index contributed by atoms with van der Waals surface area (Å²) in [7, 11) is 0. The zero-order chi connectivity index (χ0) is 22.5. The lowest BCUT2D eigenvalue weighted by atomic mass is 10.1. The van der Waals surface area contributed by atoms with E-state index in [9.17, 15) is 9.90 Å². The van der Waals surface area contributed by atoms with E-state index in [1.807, 2.05) is 42.6 Å². The SMILES string of the molecule is N#Cc1ccc(-c2cc3n(c2)Cc2cc(N4C[C@@H](CO)CC4=O)ccc2-n2ccnc2-3)cc1. The predicted octanol–water partition coefficient (Wildman–Crippen LogP) is 3.59. The number of amides is 1. The second-order valence-corrected chi connectivity index (χ2v) is 8.62. The summed E-state index contributed by atoms with van der Waals surface area (Å²) in [5.41, 5.74) is 6.74. The van der Waals surface area contributed by atoms with Crippen LogP contribution >= 0.6 is 0 Å². The molecule has 1 atom stereocenters. The molecule has 0 bridgehead atoms. The van der Waals surface area contributed by atoms with Gasteiger partial charge in [-0.3, -0.25) is 9.36 Å². The highest BCUT2D eigenvalue weighted by molar-refractivity contribution is 5.96. The average molecular weight is 435 g/mol. The second-order valence-electron chi connectivity index (χ2n) is 8.62. The van der Waals surface area contributed by atoms with E-state index < -0.39 is 0 Å². The van der Waals surface area contributed by atoms with Gasteiger partial charge in [0.05, 0.1) is 23.0 Å². The molecule has 4 aromatic rings. The van der Waals surface area contributed by atoms with Gasteiger partial charge in [0.1, 0.15) is 0 Å². The standard InChI is InChI=1S/C26H21N5O2/c27-12-17-1-3-19(4-2-17)20-11-24-26-28-7-8-30(26)23-6-5-22(10-21(23)15-29(24)14-20)31-13-18(16-32)9-25(31)33/h1-8,10-11,14,18,32H,9,13,15-16H2/t18-/m0/s1. The Labute approximate surface area is 190 Å². The molecule has 7 heteroatoms. The number of anilines is 1. The molecule has 2 aromatic carbocycles. The van der Waals surface area contributed by atoms with Crippen LogP contribution in [0.5, 0.6) is 0 Å². The number of aliphatic hydroxyl groups excluding tert-OH is 1. The van der Waals surface area contributed by atoms with Crippen molar-refractivity contribution >= 4 is 11.6 Å². The molecule has 0 radical (unpaired) electrons. The Kier molecular flexibility index (Phi) is 4.42. The number of nitriles is 1. The summed E-state index contributed by atoms with van der Waals surface area (Å²) in [6, 6.07) is 18.0. The van der Waals surface area contributed by atoms with E-state index in [0.717, 1.165) is 39.6 Å². The smallest absolute Gasteiger partial charge is 0.227 e. The van der Waals surface area contributed by atoms with Crippen molar-refractivity contribution in [1.29, 1.82) is 5.26 Å². The maximum absolute atomic E-state index is 12.5. The zero-order valence-corrected chi connectivity index (χ0v) is 17.8. The van der Waals surface area contributed by atoms with Gasteiger partial charge in [-0.1, -0.05) is 12.1 Å². The van der Waals surface area contributed by atoms with E-state index in [1.54, 1.807) is 11.1 Å². The van der Waals surface area contributed by atoms with Gasteiger partial charge in [0, 0.05) is 61.9 Å². The number of fused-ring (bicyclic) bond motifs is 5. The highest BCUT2D eigenvalue weighted by atomic mass is 16.3. The number of hydrogen-bond acceptors (Lipinski definition) is 4. The number of aromatic nitrogens is 3. The molecule has 33 heavy (non-hydrogen) atoms. The molecule has 4 heterocycles. The molecule has 0 unspecified atom stereocenters. The van der Waals surface area contributed by atoms with Crippen LogP contribution in [0.1, 0.15) is 17.5 Å². The Bertz CT molecular complexity index is 1420. The van der Waals surface area contributed by atoms with Crippen LogP contribution in [0.4, 0.5) is 5.69 Å². The second kappa shape index (κ2) is 7.47. The number of carbonyl (C=O) groups is 1. The fourth-order valence-corrected chi connectivity index (χ4v) is 4.85. The van der Waals surface area contributed by atoms with Crippen LogP contribution < -0.4 is 4.90 Å². The summed E-state index contributed by atoms with van der Waals surface area (Å²) < 4.78 is 4.27. The van der Waals surface area contributed by atoms with Crippen molar-refractivity contribution in [1.82, 2.24) is 14.1 Å². The highest BCUT2D eigenvalue weighted by Crippen LogP contribution is 2.36. The van der Waals surface area contributed by atoms with Crippen LogP contribution in [0.25, 0.3) is 28.3 Å². The van der Waals surface area contributed by atoms with E-state index in [1.165, 1.54) is 0 Å². The molecule has 7 nitrogen and oxygen atoms in total. The average Bonchev–Trinajstić information content (AvgIpc) is 3.56.